The van der Waals surface area contributed by atoms with E-state index in [4.69, 9.17) is 4.74 Å². The van der Waals surface area contributed by atoms with Gasteiger partial charge in [-0.3, -0.25) is 4.79 Å². The lowest BCUT2D eigenvalue weighted by molar-refractivity contribution is -0.126. The molecule has 2 N–H and O–H groups in total. The van der Waals surface area contributed by atoms with E-state index in [0.717, 1.165) is 38.5 Å². The summed E-state index contributed by atoms with van der Waals surface area (Å²) in [5.74, 6) is 0.762. The van der Waals surface area contributed by atoms with Crippen molar-refractivity contribution in [3.63, 3.8) is 0 Å². The van der Waals surface area contributed by atoms with Gasteiger partial charge in [0.15, 0.2) is 0 Å². The third-order valence-corrected chi connectivity index (χ3v) is 2.95. The Kier molecular flexibility index (Phi) is 3.97. The van der Waals surface area contributed by atoms with Crippen LogP contribution < -0.4 is 10.6 Å². The van der Waals surface area contributed by atoms with Gasteiger partial charge in [0, 0.05) is 12.6 Å². The molecule has 1 atom stereocenters. The number of piperidine rings is 1. The van der Waals surface area contributed by atoms with E-state index in [9.17, 15) is 4.79 Å². The summed E-state index contributed by atoms with van der Waals surface area (Å²) in [6, 6.07) is 0.302. The van der Waals surface area contributed by atoms with Gasteiger partial charge in [0.1, 0.15) is 6.61 Å². The monoisotopic (exact) mass is 212 g/mol. The van der Waals surface area contributed by atoms with Crippen LogP contribution >= 0.6 is 0 Å². The first kappa shape index (κ1) is 10.9. The molecule has 15 heavy (non-hydrogen) atoms. The second kappa shape index (κ2) is 5.47. The Bertz CT molecular complexity index is 211. The van der Waals surface area contributed by atoms with E-state index in [2.05, 4.69) is 10.6 Å². The van der Waals surface area contributed by atoms with Crippen molar-refractivity contribution in [1.29, 1.82) is 0 Å². The van der Waals surface area contributed by atoms with Gasteiger partial charge in [-0.05, 0) is 38.1 Å². The molecule has 1 saturated carbocycles. The van der Waals surface area contributed by atoms with Gasteiger partial charge in [0.25, 0.3) is 0 Å². The average molecular weight is 212 g/mol. The van der Waals surface area contributed by atoms with Gasteiger partial charge in [-0.25, -0.2) is 0 Å². The summed E-state index contributed by atoms with van der Waals surface area (Å²) in [6.07, 6.45) is 4.78. The van der Waals surface area contributed by atoms with Gasteiger partial charge in [-0.15, -0.1) is 0 Å². The zero-order valence-electron chi connectivity index (χ0n) is 9.13. The molecule has 4 heteroatoms. The van der Waals surface area contributed by atoms with E-state index in [1.807, 2.05) is 0 Å². The smallest absolute Gasteiger partial charge is 0.246 e. The minimum absolute atomic E-state index is 0.0318. The minimum atomic E-state index is 0.0318. The van der Waals surface area contributed by atoms with Crippen LogP contribution in [0.2, 0.25) is 0 Å². The van der Waals surface area contributed by atoms with Gasteiger partial charge < -0.3 is 15.4 Å². The first-order chi connectivity index (χ1) is 7.34. The number of hydrogen-bond donors (Lipinski definition) is 2. The molecule has 86 valence electrons. The molecule has 0 bridgehead atoms. The van der Waals surface area contributed by atoms with Gasteiger partial charge in [-0.2, -0.15) is 0 Å². The summed E-state index contributed by atoms with van der Waals surface area (Å²) in [5.41, 5.74) is 0. The van der Waals surface area contributed by atoms with E-state index in [1.165, 1.54) is 12.8 Å². The Morgan fingerprint density at radius 3 is 2.93 bits per heavy atom. The van der Waals surface area contributed by atoms with Crippen molar-refractivity contribution in [2.24, 2.45) is 5.92 Å². The highest BCUT2D eigenvalue weighted by Crippen LogP contribution is 2.28. The molecule has 1 heterocycles. The van der Waals surface area contributed by atoms with Gasteiger partial charge in [-0.1, -0.05) is 0 Å². The third kappa shape index (κ3) is 4.18. The number of ether oxygens (including phenoxy) is 1. The van der Waals surface area contributed by atoms with Crippen LogP contribution in [0.1, 0.15) is 25.7 Å². The summed E-state index contributed by atoms with van der Waals surface area (Å²) in [7, 11) is 0. The van der Waals surface area contributed by atoms with Gasteiger partial charge >= 0.3 is 0 Å². The van der Waals surface area contributed by atoms with Crippen LogP contribution in [0, 0.1) is 5.92 Å². The molecule has 0 aromatic carbocycles. The largest absolute Gasteiger partial charge is 0.371 e. The molecule has 0 spiro atoms. The quantitative estimate of drug-likeness (QED) is 0.688. The van der Waals surface area contributed by atoms with Crippen molar-refractivity contribution < 1.29 is 9.53 Å². The zero-order chi connectivity index (χ0) is 10.5. The second-order valence-electron chi connectivity index (χ2n) is 4.57. The number of rotatable bonds is 5. The maximum atomic E-state index is 11.4. The SMILES string of the molecule is O=C(COCC1CC1)N[C@H]1CCCNC1. The number of carbonyl (C=O) groups excluding carboxylic acids is 1. The molecule has 1 aliphatic heterocycles. The summed E-state index contributed by atoms with van der Waals surface area (Å²) < 4.78 is 5.33. The summed E-state index contributed by atoms with van der Waals surface area (Å²) in [4.78, 5) is 11.4. The van der Waals surface area contributed by atoms with E-state index >= 15 is 0 Å². The van der Waals surface area contributed by atoms with Crippen LogP contribution in [-0.4, -0.2) is 38.3 Å². The van der Waals surface area contributed by atoms with Gasteiger partial charge in [0.05, 0.1) is 6.61 Å². The Labute approximate surface area is 90.8 Å². The summed E-state index contributed by atoms with van der Waals surface area (Å²) in [5, 5.41) is 6.26. The minimum Gasteiger partial charge on any atom is -0.371 e. The molecule has 4 nitrogen and oxygen atoms in total. The molecule has 0 aromatic rings. The highest BCUT2D eigenvalue weighted by molar-refractivity contribution is 5.77. The number of nitrogens with one attached hydrogen (secondary N) is 2. The van der Waals surface area contributed by atoms with Crippen LogP contribution in [0.15, 0.2) is 0 Å². The lowest BCUT2D eigenvalue weighted by Crippen LogP contribution is -2.46. The molecule has 0 unspecified atom stereocenters. The van der Waals surface area contributed by atoms with Crippen molar-refractivity contribution in [3.05, 3.63) is 0 Å². The fraction of sp³-hybridized carbons (Fsp3) is 0.909. The highest BCUT2D eigenvalue weighted by Gasteiger charge is 2.22. The van der Waals surface area contributed by atoms with Crippen molar-refractivity contribution in [1.82, 2.24) is 10.6 Å². The maximum absolute atomic E-state index is 11.4. The number of hydrogen-bond acceptors (Lipinski definition) is 3. The summed E-state index contributed by atoms with van der Waals surface area (Å²) in [6.45, 7) is 2.96. The molecular formula is C11H20N2O2. The number of amides is 1. The van der Waals surface area contributed by atoms with Crippen molar-refractivity contribution in [3.8, 4) is 0 Å². The number of carbonyl (C=O) groups is 1. The lowest BCUT2D eigenvalue weighted by atomic mass is 10.1. The predicted octanol–water partition coefficient (Wildman–Crippen LogP) is 0.281. The fourth-order valence-corrected chi connectivity index (χ4v) is 1.85. The Morgan fingerprint density at radius 2 is 2.27 bits per heavy atom. The van der Waals surface area contributed by atoms with E-state index in [-0.39, 0.29) is 12.5 Å². The molecule has 1 amide bonds. The van der Waals surface area contributed by atoms with Crippen molar-refractivity contribution in [2.45, 2.75) is 31.7 Å². The fourth-order valence-electron chi connectivity index (χ4n) is 1.85. The average Bonchev–Trinajstić information content (AvgIpc) is 3.03. The van der Waals surface area contributed by atoms with Crippen LogP contribution in [0.25, 0.3) is 0 Å². The zero-order valence-corrected chi connectivity index (χ0v) is 9.13. The first-order valence-electron chi connectivity index (χ1n) is 5.92. The maximum Gasteiger partial charge on any atom is 0.246 e. The first-order valence-corrected chi connectivity index (χ1v) is 5.92. The Morgan fingerprint density at radius 1 is 1.40 bits per heavy atom. The van der Waals surface area contributed by atoms with Crippen LogP contribution in [0.4, 0.5) is 0 Å². The third-order valence-electron chi connectivity index (χ3n) is 2.95. The van der Waals surface area contributed by atoms with Crippen molar-refractivity contribution in [2.75, 3.05) is 26.3 Å². The molecule has 2 fully saturated rings. The Balaban J connectivity index is 1.54. The molecule has 1 saturated heterocycles. The molecular weight excluding hydrogens is 192 g/mol. The molecule has 0 radical (unpaired) electrons. The second-order valence-corrected chi connectivity index (χ2v) is 4.57. The topological polar surface area (TPSA) is 50.4 Å². The van der Waals surface area contributed by atoms with E-state index in [1.54, 1.807) is 0 Å². The lowest BCUT2D eigenvalue weighted by Gasteiger charge is -2.23. The molecule has 2 rings (SSSR count). The predicted molar refractivity (Wildman–Crippen MR) is 57.6 cm³/mol. The molecule has 1 aliphatic carbocycles. The van der Waals surface area contributed by atoms with Gasteiger partial charge in [0.2, 0.25) is 5.91 Å². The van der Waals surface area contributed by atoms with Crippen molar-refractivity contribution >= 4 is 5.91 Å². The van der Waals surface area contributed by atoms with E-state index < -0.39 is 0 Å². The highest BCUT2D eigenvalue weighted by atomic mass is 16.5. The van der Waals surface area contributed by atoms with Crippen LogP contribution in [0.5, 0.6) is 0 Å². The Hall–Kier alpha value is -0.610. The van der Waals surface area contributed by atoms with E-state index in [0.29, 0.717) is 6.04 Å². The van der Waals surface area contributed by atoms with Crippen LogP contribution in [0.3, 0.4) is 0 Å². The normalized spacial score (nSPS) is 26.3. The standard InChI is InChI=1S/C11H20N2O2/c14-11(8-15-7-9-3-4-9)13-10-2-1-5-12-6-10/h9-10,12H,1-8H2,(H,13,14)/t10-/m0/s1. The molecule has 0 aromatic heterocycles. The van der Waals surface area contributed by atoms with Crippen LogP contribution in [-0.2, 0) is 9.53 Å². The summed E-state index contributed by atoms with van der Waals surface area (Å²) >= 11 is 0. The molecule has 2 aliphatic rings.